The van der Waals surface area contributed by atoms with Crippen molar-refractivity contribution in [2.24, 2.45) is 23.3 Å². The first kappa shape index (κ1) is 48.7. The van der Waals surface area contributed by atoms with Crippen LogP contribution in [0.4, 0.5) is 0 Å². The summed E-state index contributed by atoms with van der Waals surface area (Å²) in [5.41, 5.74) is 11.3. The Balaban J connectivity index is 4.01. The number of nitrogens with zero attached hydrogens (tertiary/aromatic N) is 1. The highest BCUT2D eigenvalue weighted by molar-refractivity contribution is 5.70. The molecule has 0 saturated heterocycles. The lowest BCUT2D eigenvalue weighted by Crippen LogP contribution is -2.30. The van der Waals surface area contributed by atoms with Crippen LogP contribution in [0.2, 0.25) is 0 Å². The summed E-state index contributed by atoms with van der Waals surface area (Å²) in [4.78, 5) is 50.5. The van der Waals surface area contributed by atoms with Gasteiger partial charge in [0.25, 0.3) is 0 Å². The van der Waals surface area contributed by atoms with Crippen molar-refractivity contribution in [3.8, 4) is 0 Å². The molecule has 13 nitrogen and oxygen atoms in total. The molecule has 0 bridgehead atoms. The summed E-state index contributed by atoms with van der Waals surface area (Å²) in [6.45, 7) is 10.1. The van der Waals surface area contributed by atoms with Crippen molar-refractivity contribution in [3.05, 3.63) is 0 Å². The summed E-state index contributed by atoms with van der Waals surface area (Å²) in [6.07, 6.45) is 13.4. The Hall–Kier alpha value is -2.32. The molecule has 0 saturated carbocycles. The van der Waals surface area contributed by atoms with E-state index in [1.165, 1.54) is 0 Å². The van der Waals surface area contributed by atoms with E-state index in [0.717, 1.165) is 70.9 Å². The lowest BCUT2D eigenvalue weighted by molar-refractivity contribution is -0.147. The maximum atomic E-state index is 12.3. The number of hydrogen-bond donors (Lipinski definition) is 4. The Labute approximate surface area is 308 Å². The molecule has 0 aliphatic heterocycles. The van der Waals surface area contributed by atoms with E-state index in [4.69, 9.17) is 35.5 Å². The second-order valence-corrected chi connectivity index (χ2v) is 13.7. The predicted octanol–water partition coefficient (Wildman–Crippen LogP) is 4.25. The van der Waals surface area contributed by atoms with Crippen molar-refractivity contribution in [2.75, 3.05) is 78.8 Å². The zero-order valence-electron chi connectivity index (χ0n) is 32.2. The van der Waals surface area contributed by atoms with Gasteiger partial charge in [-0.05, 0) is 109 Å². The van der Waals surface area contributed by atoms with Crippen LogP contribution >= 0.6 is 0 Å². The Morgan fingerprint density at radius 2 is 0.980 bits per heavy atom. The van der Waals surface area contributed by atoms with Crippen molar-refractivity contribution in [2.45, 2.75) is 129 Å². The van der Waals surface area contributed by atoms with Crippen LogP contribution in [0.1, 0.15) is 129 Å². The van der Waals surface area contributed by atoms with E-state index < -0.39 is 0 Å². The molecule has 51 heavy (non-hydrogen) atoms. The van der Waals surface area contributed by atoms with Crippen LogP contribution in [0.15, 0.2) is 0 Å². The molecule has 0 spiro atoms. The van der Waals surface area contributed by atoms with Crippen LogP contribution in [-0.2, 0) is 38.1 Å². The largest absolute Gasteiger partial charge is 0.466 e. The molecule has 6 N–H and O–H groups in total. The van der Waals surface area contributed by atoms with Crippen LogP contribution in [0.3, 0.4) is 0 Å². The highest BCUT2D eigenvalue weighted by Crippen LogP contribution is 2.11. The predicted molar refractivity (Wildman–Crippen MR) is 200 cm³/mol. The van der Waals surface area contributed by atoms with Gasteiger partial charge in [-0.2, -0.15) is 0 Å². The SMILES string of the molecule is CC(CN)CCCCCCC(=O)OCCCCOC(=O)CCN(CCCCCO)CCC(=O)OCCCCOC(=O)CCNCCCC(C)CN. The first-order chi connectivity index (χ1) is 24.7. The Kier molecular flexibility index (Phi) is 34.4. The number of aliphatic hydroxyl groups is 1. The van der Waals surface area contributed by atoms with E-state index in [9.17, 15) is 19.2 Å². The fourth-order valence-electron chi connectivity index (χ4n) is 5.14. The zero-order chi connectivity index (χ0) is 37.8. The van der Waals surface area contributed by atoms with Crippen molar-refractivity contribution in [3.63, 3.8) is 0 Å². The molecular weight excluding hydrogens is 656 g/mol. The Morgan fingerprint density at radius 3 is 1.49 bits per heavy atom. The summed E-state index contributed by atoms with van der Waals surface area (Å²) in [7, 11) is 0. The number of esters is 4. The van der Waals surface area contributed by atoms with Crippen molar-refractivity contribution in [1.82, 2.24) is 10.2 Å². The number of ether oxygens (including phenoxy) is 4. The molecule has 0 aliphatic rings. The molecule has 0 fully saturated rings. The van der Waals surface area contributed by atoms with Gasteiger partial charge in [0.2, 0.25) is 0 Å². The van der Waals surface area contributed by atoms with Gasteiger partial charge < -0.3 is 45.7 Å². The van der Waals surface area contributed by atoms with Crippen molar-refractivity contribution in [1.29, 1.82) is 0 Å². The van der Waals surface area contributed by atoms with Crippen LogP contribution in [0.5, 0.6) is 0 Å². The molecule has 13 heteroatoms. The first-order valence-corrected chi connectivity index (χ1v) is 19.8. The molecule has 2 atom stereocenters. The van der Waals surface area contributed by atoms with Crippen LogP contribution in [-0.4, -0.2) is 113 Å². The van der Waals surface area contributed by atoms with Gasteiger partial charge in [-0.3, -0.25) is 19.2 Å². The first-order valence-electron chi connectivity index (χ1n) is 19.8. The van der Waals surface area contributed by atoms with Gasteiger partial charge in [0, 0.05) is 32.7 Å². The van der Waals surface area contributed by atoms with Gasteiger partial charge in [-0.15, -0.1) is 0 Å². The average molecular weight is 731 g/mol. The highest BCUT2D eigenvalue weighted by Gasteiger charge is 2.13. The second-order valence-electron chi connectivity index (χ2n) is 13.7. The topological polar surface area (TPSA) is 193 Å². The third-order valence-electron chi connectivity index (χ3n) is 8.72. The minimum Gasteiger partial charge on any atom is -0.466 e. The van der Waals surface area contributed by atoms with E-state index in [-0.39, 0.29) is 56.5 Å². The molecule has 0 heterocycles. The molecule has 0 aromatic heterocycles. The van der Waals surface area contributed by atoms with Gasteiger partial charge >= 0.3 is 23.9 Å². The summed E-state index contributed by atoms with van der Waals surface area (Å²) in [6, 6.07) is 0. The molecule has 0 aromatic carbocycles. The van der Waals surface area contributed by atoms with Crippen molar-refractivity contribution >= 4 is 23.9 Å². The highest BCUT2D eigenvalue weighted by atomic mass is 16.5. The van der Waals surface area contributed by atoms with Gasteiger partial charge in [0.1, 0.15) is 0 Å². The average Bonchev–Trinajstić information content (AvgIpc) is 3.12. The number of aliphatic hydroxyl groups excluding tert-OH is 1. The van der Waals surface area contributed by atoms with E-state index >= 15 is 0 Å². The normalized spacial score (nSPS) is 12.4. The number of hydrogen-bond acceptors (Lipinski definition) is 13. The van der Waals surface area contributed by atoms with Gasteiger partial charge in [-0.25, -0.2) is 0 Å². The fraction of sp³-hybridized carbons (Fsp3) is 0.895. The number of rotatable bonds is 37. The van der Waals surface area contributed by atoms with E-state index in [1.54, 1.807) is 0 Å². The molecular formula is C38H74N4O9. The summed E-state index contributed by atoms with van der Waals surface area (Å²) in [5, 5.41) is 12.3. The summed E-state index contributed by atoms with van der Waals surface area (Å²) >= 11 is 0. The molecule has 0 amide bonds. The summed E-state index contributed by atoms with van der Waals surface area (Å²) < 4.78 is 21.3. The standard InChI is InChI=1S/C38H74N4O9/c1-33(31-39)15-6-3-4-7-17-35(44)48-27-10-12-29-50-37(46)19-24-42(23-8-5-9-26-43)25-20-38(47)51-30-13-11-28-49-36(45)18-22-41-21-14-16-34(2)32-40/h33-34,41,43H,3-32,39-40H2,1-2H3. The quantitative estimate of drug-likeness (QED) is 0.0403. The molecule has 2 unspecified atom stereocenters. The lowest BCUT2D eigenvalue weighted by Gasteiger charge is -2.21. The number of carbonyl (C=O) groups is 4. The van der Waals surface area contributed by atoms with E-state index in [1.807, 2.05) is 0 Å². The minimum absolute atomic E-state index is 0.138. The Bertz CT molecular complexity index is 803. The maximum Gasteiger partial charge on any atom is 0.307 e. The van der Waals surface area contributed by atoms with Gasteiger partial charge in [-0.1, -0.05) is 33.1 Å². The molecule has 300 valence electrons. The van der Waals surface area contributed by atoms with Crippen LogP contribution < -0.4 is 16.8 Å². The van der Waals surface area contributed by atoms with E-state index in [0.29, 0.717) is 103 Å². The van der Waals surface area contributed by atoms with Gasteiger partial charge in [0.05, 0.1) is 45.7 Å². The van der Waals surface area contributed by atoms with Crippen LogP contribution in [0.25, 0.3) is 0 Å². The zero-order valence-corrected chi connectivity index (χ0v) is 32.2. The number of nitrogens with one attached hydrogen (secondary N) is 1. The monoisotopic (exact) mass is 731 g/mol. The number of nitrogens with two attached hydrogens (primary N) is 2. The maximum absolute atomic E-state index is 12.3. The minimum atomic E-state index is -0.310. The summed E-state index contributed by atoms with van der Waals surface area (Å²) in [5.74, 6) is 0.0388. The number of unbranched alkanes of at least 4 members (excludes halogenated alkanes) is 7. The fourth-order valence-corrected chi connectivity index (χ4v) is 5.14. The third kappa shape index (κ3) is 34.5. The van der Waals surface area contributed by atoms with E-state index in [2.05, 4.69) is 24.1 Å². The van der Waals surface area contributed by atoms with Crippen LogP contribution in [0, 0.1) is 11.8 Å². The molecule has 0 aliphatic carbocycles. The third-order valence-corrected chi connectivity index (χ3v) is 8.72. The molecule has 0 radical (unpaired) electrons. The second kappa shape index (κ2) is 36.1. The van der Waals surface area contributed by atoms with Gasteiger partial charge in [0.15, 0.2) is 0 Å². The lowest BCUT2D eigenvalue weighted by atomic mass is 10.0. The smallest absolute Gasteiger partial charge is 0.307 e. The Morgan fingerprint density at radius 1 is 0.529 bits per heavy atom. The number of carbonyl (C=O) groups excluding carboxylic acids is 4. The van der Waals surface area contributed by atoms with Crippen molar-refractivity contribution < 1.29 is 43.2 Å². The molecule has 0 aromatic rings. The molecule has 0 rings (SSSR count).